The Morgan fingerprint density at radius 2 is 1.50 bits per heavy atom. The SMILES string of the molecule is COC(=O)[C@H]([Se]c1ccccc1[C@H](C)SC)[C@@H](CC(=O)c1ccccc1)c1ccccc1. The van der Waals surface area contributed by atoms with E-state index in [0.717, 1.165) is 5.56 Å². The Kier molecular flexibility index (Phi) is 9.16. The van der Waals surface area contributed by atoms with E-state index in [9.17, 15) is 9.59 Å². The normalized spacial score (nSPS) is 13.7. The summed E-state index contributed by atoms with van der Waals surface area (Å²) >= 11 is 1.58. The van der Waals surface area contributed by atoms with Crippen molar-refractivity contribution in [2.45, 2.75) is 29.3 Å². The number of Topliss-reactive ketones (excluding diaryl/α,β-unsaturated/α-hetero) is 1. The number of ether oxygens (including phenoxy) is 1. The molecular weight excluding hydrogens is 483 g/mol. The molecule has 0 N–H and O–H groups in total. The van der Waals surface area contributed by atoms with Crippen LogP contribution in [0.5, 0.6) is 0 Å². The Balaban J connectivity index is 2.00. The molecule has 0 fully saturated rings. The number of thioether (sulfide) groups is 1. The second kappa shape index (κ2) is 12.1. The van der Waals surface area contributed by atoms with Crippen molar-refractivity contribution in [2.24, 2.45) is 0 Å². The van der Waals surface area contributed by atoms with Gasteiger partial charge in [0.25, 0.3) is 0 Å². The quantitative estimate of drug-likeness (QED) is 0.206. The minimum atomic E-state index is -0.405. The van der Waals surface area contributed by atoms with Crippen molar-refractivity contribution < 1.29 is 14.3 Å². The molecule has 0 heterocycles. The van der Waals surface area contributed by atoms with Crippen LogP contribution in [0.4, 0.5) is 0 Å². The third kappa shape index (κ3) is 6.13. The van der Waals surface area contributed by atoms with Crippen LogP contribution in [0.3, 0.4) is 0 Å². The van der Waals surface area contributed by atoms with Crippen molar-refractivity contribution in [3.63, 3.8) is 0 Å². The molecule has 0 spiro atoms. The Labute approximate surface area is 201 Å². The zero-order valence-corrected chi connectivity index (χ0v) is 21.1. The van der Waals surface area contributed by atoms with Crippen molar-refractivity contribution in [3.8, 4) is 0 Å². The number of rotatable bonds is 10. The maximum atomic E-state index is 13.2. The van der Waals surface area contributed by atoms with Gasteiger partial charge in [-0.05, 0) is 0 Å². The van der Waals surface area contributed by atoms with Crippen LogP contribution < -0.4 is 4.46 Å². The summed E-state index contributed by atoms with van der Waals surface area (Å²) in [5.41, 5.74) is 2.90. The molecule has 0 amide bonds. The van der Waals surface area contributed by atoms with Crippen LogP contribution in [0.2, 0.25) is 4.82 Å². The summed E-state index contributed by atoms with van der Waals surface area (Å²) in [6, 6.07) is 27.5. The number of benzene rings is 3. The topological polar surface area (TPSA) is 43.4 Å². The number of ketones is 1. The van der Waals surface area contributed by atoms with Crippen molar-refractivity contribution in [1.29, 1.82) is 0 Å². The fraction of sp³-hybridized carbons (Fsp3) is 0.259. The van der Waals surface area contributed by atoms with Crippen LogP contribution in [0.1, 0.15) is 46.0 Å². The predicted molar refractivity (Wildman–Crippen MR) is 134 cm³/mol. The van der Waals surface area contributed by atoms with Crippen LogP contribution in [0.25, 0.3) is 0 Å². The molecule has 3 aromatic rings. The van der Waals surface area contributed by atoms with Gasteiger partial charge in [0.05, 0.1) is 0 Å². The molecule has 3 atom stereocenters. The maximum absolute atomic E-state index is 13.2. The molecule has 3 aromatic carbocycles. The van der Waals surface area contributed by atoms with Gasteiger partial charge >= 0.3 is 202 Å². The standard InChI is InChI=1S/C27H28O3SSe/c1-19(31-3)22-16-10-11-17-25(22)32-26(27(29)30-2)23(20-12-6-4-7-13-20)18-24(28)21-14-8-5-9-15-21/h4-17,19,23,26H,18H2,1-3H3/t19-,23-,26+/m0/s1. The van der Waals surface area contributed by atoms with E-state index in [1.54, 1.807) is 11.8 Å². The molecular formula is C27H28O3SSe. The molecule has 32 heavy (non-hydrogen) atoms. The van der Waals surface area contributed by atoms with Gasteiger partial charge in [-0.25, -0.2) is 0 Å². The van der Waals surface area contributed by atoms with Crippen LogP contribution in [0, 0.1) is 0 Å². The van der Waals surface area contributed by atoms with Gasteiger partial charge in [-0.15, -0.1) is 0 Å². The number of esters is 1. The molecule has 0 saturated heterocycles. The number of hydrogen-bond donors (Lipinski definition) is 0. The molecule has 3 nitrogen and oxygen atoms in total. The third-order valence-electron chi connectivity index (χ3n) is 5.49. The van der Waals surface area contributed by atoms with Crippen molar-refractivity contribution in [2.75, 3.05) is 13.4 Å². The molecule has 166 valence electrons. The van der Waals surface area contributed by atoms with Gasteiger partial charge in [0.15, 0.2) is 0 Å². The van der Waals surface area contributed by atoms with E-state index in [-0.39, 0.29) is 39.0 Å². The fourth-order valence-corrected chi connectivity index (χ4v) is 7.25. The summed E-state index contributed by atoms with van der Waals surface area (Å²) in [6.45, 7) is 2.18. The second-order valence-electron chi connectivity index (χ2n) is 7.49. The molecule has 5 heteroatoms. The molecule has 0 aliphatic heterocycles. The van der Waals surface area contributed by atoms with Gasteiger partial charge in [-0.3, -0.25) is 0 Å². The van der Waals surface area contributed by atoms with Gasteiger partial charge < -0.3 is 0 Å². The van der Waals surface area contributed by atoms with E-state index in [4.69, 9.17) is 4.74 Å². The predicted octanol–water partition coefficient (Wildman–Crippen LogP) is 5.46. The van der Waals surface area contributed by atoms with Crippen molar-refractivity contribution in [3.05, 3.63) is 102 Å². The van der Waals surface area contributed by atoms with Crippen LogP contribution in [0.15, 0.2) is 84.9 Å². The van der Waals surface area contributed by atoms with E-state index < -0.39 is 4.82 Å². The molecule has 0 aliphatic carbocycles. The molecule has 0 aliphatic rings. The van der Waals surface area contributed by atoms with E-state index in [1.165, 1.54) is 17.1 Å². The van der Waals surface area contributed by atoms with E-state index >= 15 is 0 Å². The van der Waals surface area contributed by atoms with E-state index in [0.29, 0.717) is 10.8 Å². The third-order valence-corrected chi connectivity index (χ3v) is 9.39. The fourth-order valence-electron chi connectivity index (χ4n) is 3.64. The molecule has 0 aromatic heterocycles. The number of carbonyl (C=O) groups excluding carboxylic acids is 2. The Bertz CT molecular complexity index is 1020. The summed E-state index contributed by atoms with van der Waals surface area (Å²) in [5.74, 6) is -0.477. The second-order valence-corrected chi connectivity index (χ2v) is 11.1. The van der Waals surface area contributed by atoms with Crippen LogP contribution in [-0.2, 0) is 9.53 Å². The van der Waals surface area contributed by atoms with Crippen LogP contribution in [-0.4, -0.2) is 40.1 Å². The molecule has 0 saturated carbocycles. The first-order valence-corrected chi connectivity index (χ1v) is 13.7. The minimum absolute atomic E-state index is 0.0370. The van der Waals surface area contributed by atoms with Crippen LogP contribution >= 0.6 is 11.8 Å². The average molecular weight is 512 g/mol. The van der Waals surface area contributed by atoms with Gasteiger partial charge in [-0.1, -0.05) is 0 Å². The van der Waals surface area contributed by atoms with E-state index in [1.807, 2.05) is 72.8 Å². The summed E-state index contributed by atoms with van der Waals surface area (Å²) in [7, 11) is 1.43. The van der Waals surface area contributed by atoms with Gasteiger partial charge in [0.2, 0.25) is 0 Å². The van der Waals surface area contributed by atoms with Crippen molar-refractivity contribution >= 4 is 42.9 Å². The van der Waals surface area contributed by atoms with Gasteiger partial charge in [0, 0.05) is 0 Å². The summed E-state index contributed by atoms with van der Waals surface area (Å²) < 4.78 is 6.45. The zero-order chi connectivity index (χ0) is 22.9. The van der Waals surface area contributed by atoms with Gasteiger partial charge in [0.1, 0.15) is 0 Å². The first kappa shape index (κ1) is 24.3. The number of methoxy groups -OCH3 is 1. The summed E-state index contributed by atoms with van der Waals surface area (Å²) in [5, 5.41) is 0.326. The molecule has 3 rings (SSSR count). The monoisotopic (exact) mass is 512 g/mol. The van der Waals surface area contributed by atoms with Gasteiger partial charge in [-0.2, -0.15) is 0 Å². The average Bonchev–Trinajstić information content (AvgIpc) is 2.86. The summed E-state index contributed by atoms with van der Waals surface area (Å²) in [6.07, 6.45) is 2.35. The molecule has 0 bridgehead atoms. The zero-order valence-electron chi connectivity index (χ0n) is 18.6. The van der Waals surface area contributed by atoms with E-state index in [2.05, 4.69) is 25.3 Å². The number of hydrogen-bond acceptors (Lipinski definition) is 4. The Morgan fingerprint density at radius 3 is 2.12 bits per heavy atom. The first-order valence-electron chi connectivity index (χ1n) is 10.5. The first-order chi connectivity index (χ1) is 15.5. The number of carbonyl (C=O) groups is 2. The Morgan fingerprint density at radius 1 is 0.906 bits per heavy atom. The molecule has 0 radical (unpaired) electrons. The summed E-state index contributed by atoms with van der Waals surface area (Å²) in [4.78, 5) is 25.8. The Hall–Kier alpha value is -2.33. The van der Waals surface area contributed by atoms with Crippen molar-refractivity contribution in [1.82, 2.24) is 0 Å². The molecule has 0 unspecified atom stereocenters.